The van der Waals surface area contributed by atoms with E-state index >= 15 is 0 Å². The predicted molar refractivity (Wildman–Crippen MR) is 69.6 cm³/mol. The number of para-hydroxylation sites is 1. The summed E-state index contributed by atoms with van der Waals surface area (Å²) in [6.45, 7) is 6.13. The van der Waals surface area contributed by atoms with Gasteiger partial charge in [0.05, 0.1) is 11.2 Å². The average Bonchev–Trinajstić information content (AvgIpc) is 2.53. The molecule has 1 aliphatic heterocycles. The molecule has 0 saturated carbocycles. The number of aromatic nitrogens is 1. The van der Waals surface area contributed by atoms with E-state index in [4.69, 9.17) is 4.74 Å². The first-order valence-corrected chi connectivity index (χ1v) is 6.04. The standard InChI is InChI=1S/C14H18N2O/c1-10-13(17-14(2)8-15-9-14)11-6-4-5-7-12(11)16(10)3/h4-7,15H,8-9H2,1-3H3. The van der Waals surface area contributed by atoms with Crippen molar-refractivity contribution >= 4 is 10.9 Å². The van der Waals surface area contributed by atoms with E-state index in [1.807, 2.05) is 0 Å². The van der Waals surface area contributed by atoms with Crippen molar-refractivity contribution in [1.82, 2.24) is 9.88 Å². The fourth-order valence-electron chi connectivity index (χ4n) is 2.41. The molecule has 1 saturated heterocycles. The average molecular weight is 230 g/mol. The number of aryl methyl sites for hydroxylation is 1. The molecule has 1 N–H and O–H groups in total. The van der Waals surface area contributed by atoms with E-state index in [2.05, 4.69) is 55.0 Å². The van der Waals surface area contributed by atoms with Crippen LogP contribution >= 0.6 is 0 Å². The maximum atomic E-state index is 6.22. The molecule has 3 rings (SSSR count). The van der Waals surface area contributed by atoms with Crippen molar-refractivity contribution in [3.05, 3.63) is 30.0 Å². The lowest BCUT2D eigenvalue weighted by Crippen LogP contribution is -2.61. The highest BCUT2D eigenvalue weighted by Crippen LogP contribution is 2.35. The minimum Gasteiger partial charge on any atom is -0.482 e. The molecule has 3 heteroatoms. The van der Waals surface area contributed by atoms with Crippen LogP contribution in [0.25, 0.3) is 10.9 Å². The molecular formula is C14H18N2O. The topological polar surface area (TPSA) is 26.2 Å². The van der Waals surface area contributed by atoms with Gasteiger partial charge in [0.25, 0.3) is 0 Å². The summed E-state index contributed by atoms with van der Waals surface area (Å²) in [5, 5.41) is 4.47. The fourth-order valence-corrected chi connectivity index (χ4v) is 2.41. The van der Waals surface area contributed by atoms with Gasteiger partial charge in [0.15, 0.2) is 0 Å². The number of hydrogen-bond donors (Lipinski definition) is 1. The van der Waals surface area contributed by atoms with E-state index in [-0.39, 0.29) is 5.60 Å². The normalized spacial score (nSPS) is 18.1. The molecule has 2 aromatic rings. The summed E-state index contributed by atoms with van der Waals surface area (Å²) in [6.07, 6.45) is 0. The molecule has 0 bridgehead atoms. The van der Waals surface area contributed by atoms with Crippen LogP contribution < -0.4 is 10.1 Å². The van der Waals surface area contributed by atoms with Crippen LogP contribution in [-0.2, 0) is 7.05 Å². The summed E-state index contributed by atoms with van der Waals surface area (Å²) in [4.78, 5) is 0. The molecule has 1 fully saturated rings. The Bertz CT molecular complexity index is 567. The second-order valence-corrected chi connectivity index (χ2v) is 5.15. The van der Waals surface area contributed by atoms with Crippen molar-refractivity contribution in [2.45, 2.75) is 19.4 Å². The zero-order chi connectivity index (χ0) is 12.0. The Kier molecular flexibility index (Phi) is 2.20. The SMILES string of the molecule is Cc1c(OC2(C)CNC2)c2ccccc2n1C. The predicted octanol–water partition coefficient (Wildman–Crippen LogP) is 2.23. The highest BCUT2D eigenvalue weighted by molar-refractivity contribution is 5.88. The van der Waals surface area contributed by atoms with Gasteiger partial charge < -0.3 is 14.6 Å². The zero-order valence-electron chi connectivity index (χ0n) is 10.6. The monoisotopic (exact) mass is 230 g/mol. The molecule has 90 valence electrons. The van der Waals surface area contributed by atoms with Gasteiger partial charge in [0.2, 0.25) is 0 Å². The van der Waals surface area contributed by atoms with Gasteiger partial charge in [-0.3, -0.25) is 0 Å². The molecule has 1 aliphatic rings. The van der Waals surface area contributed by atoms with E-state index < -0.39 is 0 Å². The highest BCUT2D eigenvalue weighted by atomic mass is 16.5. The van der Waals surface area contributed by atoms with Crippen LogP contribution in [0.3, 0.4) is 0 Å². The van der Waals surface area contributed by atoms with E-state index in [1.165, 1.54) is 16.6 Å². The lowest BCUT2D eigenvalue weighted by atomic mass is 10.00. The third-order valence-electron chi connectivity index (χ3n) is 3.69. The molecule has 0 aliphatic carbocycles. The Morgan fingerprint density at radius 2 is 2.00 bits per heavy atom. The van der Waals surface area contributed by atoms with Crippen LogP contribution in [0.2, 0.25) is 0 Å². The van der Waals surface area contributed by atoms with Crippen molar-refractivity contribution in [2.24, 2.45) is 7.05 Å². The molecule has 1 aromatic heterocycles. The van der Waals surface area contributed by atoms with Gasteiger partial charge in [-0.25, -0.2) is 0 Å². The van der Waals surface area contributed by atoms with Crippen LogP contribution in [0.15, 0.2) is 24.3 Å². The Hall–Kier alpha value is -1.48. The van der Waals surface area contributed by atoms with Crippen molar-refractivity contribution in [2.75, 3.05) is 13.1 Å². The molecule has 17 heavy (non-hydrogen) atoms. The fraction of sp³-hybridized carbons (Fsp3) is 0.429. The molecular weight excluding hydrogens is 212 g/mol. The quantitative estimate of drug-likeness (QED) is 0.856. The Morgan fingerprint density at radius 3 is 2.65 bits per heavy atom. The maximum Gasteiger partial charge on any atom is 0.148 e. The van der Waals surface area contributed by atoms with Crippen LogP contribution in [0.4, 0.5) is 0 Å². The third-order valence-corrected chi connectivity index (χ3v) is 3.69. The molecule has 0 spiro atoms. The molecule has 0 atom stereocenters. The number of fused-ring (bicyclic) bond motifs is 1. The second-order valence-electron chi connectivity index (χ2n) is 5.15. The first-order valence-electron chi connectivity index (χ1n) is 6.04. The summed E-state index contributed by atoms with van der Waals surface area (Å²) >= 11 is 0. The third kappa shape index (κ3) is 1.53. The van der Waals surface area contributed by atoms with Gasteiger partial charge >= 0.3 is 0 Å². The summed E-state index contributed by atoms with van der Waals surface area (Å²) in [6, 6.07) is 8.40. The number of rotatable bonds is 2. The minimum atomic E-state index is -0.0467. The maximum absolute atomic E-state index is 6.22. The van der Waals surface area contributed by atoms with Crippen molar-refractivity contribution < 1.29 is 4.74 Å². The number of nitrogens with zero attached hydrogens (tertiary/aromatic N) is 1. The van der Waals surface area contributed by atoms with Crippen LogP contribution in [0, 0.1) is 6.92 Å². The van der Waals surface area contributed by atoms with Crippen LogP contribution in [0.1, 0.15) is 12.6 Å². The summed E-state index contributed by atoms with van der Waals surface area (Å²) in [5.74, 6) is 1.03. The second kappa shape index (κ2) is 3.50. The number of benzene rings is 1. The minimum absolute atomic E-state index is 0.0467. The van der Waals surface area contributed by atoms with E-state index in [9.17, 15) is 0 Å². The summed E-state index contributed by atoms with van der Waals surface area (Å²) in [5.41, 5.74) is 2.38. The van der Waals surface area contributed by atoms with Crippen molar-refractivity contribution in [3.8, 4) is 5.75 Å². The van der Waals surface area contributed by atoms with Crippen molar-refractivity contribution in [3.63, 3.8) is 0 Å². The van der Waals surface area contributed by atoms with Gasteiger partial charge in [0.1, 0.15) is 11.4 Å². The van der Waals surface area contributed by atoms with E-state index in [0.29, 0.717) is 0 Å². The molecule has 3 nitrogen and oxygen atoms in total. The Balaban J connectivity index is 2.12. The molecule has 1 aromatic carbocycles. The lowest BCUT2D eigenvalue weighted by Gasteiger charge is -2.39. The zero-order valence-corrected chi connectivity index (χ0v) is 10.6. The van der Waals surface area contributed by atoms with Gasteiger partial charge in [-0.2, -0.15) is 0 Å². The van der Waals surface area contributed by atoms with Gasteiger partial charge in [0, 0.05) is 25.5 Å². The number of ether oxygens (including phenoxy) is 1. The first kappa shape index (κ1) is 10.7. The lowest BCUT2D eigenvalue weighted by molar-refractivity contribution is 0.0355. The van der Waals surface area contributed by atoms with Gasteiger partial charge in [-0.1, -0.05) is 12.1 Å². The molecule has 0 amide bonds. The first-order chi connectivity index (χ1) is 8.11. The molecule has 0 radical (unpaired) electrons. The van der Waals surface area contributed by atoms with Gasteiger partial charge in [-0.05, 0) is 26.0 Å². The van der Waals surface area contributed by atoms with Crippen LogP contribution in [-0.4, -0.2) is 23.3 Å². The Labute approximate surface area is 101 Å². The molecule has 2 heterocycles. The number of hydrogen-bond acceptors (Lipinski definition) is 2. The highest BCUT2D eigenvalue weighted by Gasteiger charge is 2.35. The van der Waals surface area contributed by atoms with Crippen LogP contribution in [0.5, 0.6) is 5.75 Å². The van der Waals surface area contributed by atoms with E-state index in [1.54, 1.807) is 0 Å². The smallest absolute Gasteiger partial charge is 0.148 e. The van der Waals surface area contributed by atoms with Gasteiger partial charge in [-0.15, -0.1) is 0 Å². The number of nitrogens with one attached hydrogen (secondary N) is 1. The Morgan fingerprint density at radius 1 is 1.29 bits per heavy atom. The molecule has 0 unspecified atom stereocenters. The summed E-state index contributed by atoms with van der Waals surface area (Å²) in [7, 11) is 2.09. The largest absolute Gasteiger partial charge is 0.482 e. The van der Waals surface area contributed by atoms with Crippen molar-refractivity contribution in [1.29, 1.82) is 0 Å². The van der Waals surface area contributed by atoms with E-state index in [0.717, 1.165) is 18.8 Å². The summed E-state index contributed by atoms with van der Waals surface area (Å²) < 4.78 is 8.41.